The van der Waals surface area contributed by atoms with Gasteiger partial charge in [0.1, 0.15) is 4.90 Å². The van der Waals surface area contributed by atoms with Crippen molar-refractivity contribution in [2.45, 2.75) is 36.6 Å². The largest absolute Gasteiger partial charge is 0.300 e. The Kier molecular flexibility index (Phi) is 6.02. The molecule has 0 atom stereocenters. The lowest BCUT2D eigenvalue weighted by Crippen LogP contribution is -2.44. The number of aromatic nitrogens is 1. The van der Waals surface area contributed by atoms with Gasteiger partial charge >= 0.3 is 0 Å². The number of para-hydroxylation sites is 1. The number of hydrogen-bond acceptors (Lipinski definition) is 5. The molecule has 7 heteroatoms. The monoisotopic (exact) mass is 405 g/mol. The molecule has 27 heavy (non-hydrogen) atoms. The van der Waals surface area contributed by atoms with Crippen molar-refractivity contribution in [1.82, 2.24) is 14.6 Å². The molecule has 2 aliphatic heterocycles. The molecule has 2 aliphatic rings. The van der Waals surface area contributed by atoms with Crippen LogP contribution in [0.3, 0.4) is 0 Å². The first-order valence-corrected chi connectivity index (χ1v) is 12.4. The van der Waals surface area contributed by atoms with Crippen molar-refractivity contribution in [3.63, 3.8) is 0 Å². The molecule has 4 rings (SSSR count). The minimum Gasteiger partial charge on any atom is -0.300 e. The number of rotatable bonds is 5. The van der Waals surface area contributed by atoms with Crippen molar-refractivity contribution in [3.8, 4) is 0 Å². The molecule has 0 amide bonds. The number of pyridine rings is 1. The van der Waals surface area contributed by atoms with E-state index in [0.717, 1.165) is 37.4 Å². The highest BCUT2D eigenvalue weighted by molar-refractivity contribution is 7.99. The van der Waals surface area contributed by atoms with Gasteiger partial charge in [0.2, 0.25) is 10.0 Å². The minimum atomic E-state index is -3.55. The summed E-state index contributed by atoms with van der Waals surface area (Å²) in [6, 6.07) is 9.76. The van der Waals surface area contributed by atoms with Crippen LogP contribution in [0.2, 0.25) is 0 Å². The van der Waals surface area contributed by atoms with E-state index >= 15 is 0 Å². The molecule has 0 unspecified atom stereocenters. The summed E-state index contributed by atoms with van der Waals surface area (Å²) < 4.78 is 28.5. The van der Waals surface area contributed by atoms with Crippen molar-refractivity contribution in [2.24, 2.45) is 5.92 Å². The van der Waals surface area contributed by atoms with Gasteiger partial charge in [-0.2, -0.15) is 11.8 Å². The van der Waals surface area contributed by atoms with Gasteiger partial charge < -0.3 is 4.90 Å². The second-order valence-electron chi connectivity index (χ2n) is 7.51. The Morgan fingerprint density at radius 2 is 1.81 bits per heavy atom. The van der Waals surface area contributed by atoms with Crippen LogP contribution in [-0.2, 0) is 10.0 Å². The molecule has 5 nitrogen and oxygen atoms in total. The first-order chi connectivity index (χ1) is 13.1. The molecular formula is C20H27N3O2S2. The van der Waals surface area contributed by atoms with Gasteiger partial charge in [-0.3, -0.25) is 4.98 Å². The fourth-order valence-corrected chi connectivity index (χ4v) is 6.55. The molecule has 1 aromatic carbocycles. The maximum Gasteiger partial charge on any atom is 0.242 e. The fourth-order valence-electron chi connectivity index (χ4n) is 4.17. The van der Waals surface area contributed by atoms with Crippen molar-refractivity contribution in [2.75, 3.05) is 31.1 Å². The summed E-state index contributed by atoms with van der Waals surface area (Å²) in [7, 11) is -3.55. The van der Waals surface area contributed by atoms with Gasteiger partial charge in [0.15, 0.2) is 0 Å². The molecule has 1 aromatic heterocycles. The molecule has 2 aromatic rings. The zero-order valence-electron chi connectivity index (χ0n) is 15.5. The minimum absolute atomic E-state index is 0.276. The fraction of sp³-hybridized carbons (Fsp3) is 0.550. The Balaban J connectivity index is 1.36. The smallest absolute Gasteiger partial charge is 0.242 e. The third-order valence-electron chi connectivity index (χ3n) is 5.80. The number of nitrogens with zero attached hydrogens (tertiary/aromatic N) is 2. The summed E-state index contributed by atoms with van der Waals surface area (Å²) in [5.41, 5.74) is 0.539. The molecule has 0 bridgehead atoms. The number of benzene rings is 1. The Morgan fingerprint density at radius 3 is 2.59 bits per heavy atom. The first-order valence-electron chi connectivity index (χ1n) is 9.79. The first kappa shape index (κ1) is 19.2. The molecule has 146 valence electrons. The lowest BCUT2D eigenvalue weighted by molar-refractivity contribution is 0.127. The van der Waals surface area contributed by atoms with Crippen LogP contribution >= 0.6 is 11.8 Å². The van der Waals surface area contributed by atoms with E-state index in [9.17, 15) is 8.42 Å². The Labute approximate surface area is 166 Å². The van der Waals surface area contributed by atoms with E-state index in [2.05, 4.69) is 26.4 Å². The molecular weight excluding hydrogens is 378 g/mol. The molecule has 1 N–H and O–H groups in total. The van der Waals surface area contributed by atoms with Crippen LogP contribution in [0.15, 0.2) is 41.4 Å². The van der Waals surface area contributed by atoms with Gasteiger partial charge in [-0.05, 0) is 68.3 Å². The number of thioether (sulfide) groups is 1. The highest BCUT2D eigenvalue weighted by Gasteiger charge is 2.27. The van der Waals surface area contributed by atoms with Gasteiger partial charge in [0.25, 0.3) is 0 Å². The Bertz CT molecular complexity index is 868. The van der Waals surface area contributed by atoms with Crippen LogP contribution < -0.4 is 4.72 Å². The van der Waals surface area contributed by atoms with Crippen LogP contribution in [0.1, 0.15) is 25.7 Å². The van der Waals surface area contributed by atoms with E-state index in [1.165, 1.54) is 24.3 Å². The summed E-state index contributed by atoms with van der Waals surface area (Å²) in [4.78, 5) is 7.18. The van der Waals surface area contributed by atoms with Crippen molar-refractivity contribution in [1.29, 1.82) is 0 Å². The average molecular weight is 406 g/mol. The summed E-state index contributed by atoms with van der Waals surface area (Å²) in [5, 5.41) is 0.847. The third kappa shape index (κ3) is 4.47. The van der Waals surface area contributed by atoms with Crippen molar-refractivity contribution < 1.29 is 8.42 Å². The Hall–Kier alpha value is -1.15. The van der Waals surface area contributed by atoms with Gasteiger partial charge in [-0.1, -0.05) is 18.2 Å². The van der Waals surface area contributed by atoms with Crippen LogP contribution in [0.25, 0.3) is 10.9 Å². The van der Waals surface area contributed by atoms with Crippen molar-refractivity contribution >= 4 is 32.7 Å². The summed E-state index contributed by atoms with van der Waals surface area (Å²) in [6.07, 6.45) is 6.38. The lowest BCUT2D eigenvalue weighted by atomic mass is 9.95. The predicted octanol–water partition coefficient (Wildman–Crippen LogP) is 3.12. The van der Waals surface area contributed by atoms with Crippen molar-refractivity contribution in [3.05, 3.63) is 36.5 Å². The maximum atomic E-state index is 12.8. The van der Waals surface area contributed by atoms with E-state index < -0.39 is 10.0 Å². The van der Waals surface area contributed by atoms with E-state index in [4.69, 9.17) is 0 Å². The average Bonchev–Trinajstić information content (AvgIpc) is 2.73. The van der Waals surface area contributed by atoms with Gasteiger partial charge in [0, 0.05) is 24.2 Å². The highest BCUT2D eigenvalue weighted by atomic mass is 32.2. The maximum absolute atomic E-state index is 12.8. The Morgan fingerprint density at radius 1 is 1.07 bits per heavy atom. The molecule has 0 spiro atoms. The molecule has 0 radical (unpaired) electrons. The summed E-state index contributed by atoms with van der Waals surface area (Å²) in [5.74, 6) is 2.98. The zero-order valence-corrected chi connectivity index (χ0v) is 17.1. The van der Waals surface area contributed by atoms with Crippen LogP contribution in [-0.4, -0.2) is 55.5 Å². The van der Waals surface area contributed by atoms with E-state index in [-0.39, 0.29) is 4.90 Å². The van der Waals surface area contributed by atoms with Crippen LogP contribution in [0, 0.1) is 5.92 Å². The number of fused-ring (bicyclic) bond motifs is 1. The molecule has 0 aliphatic carbocycles. The number of hydrogen-bond donors (Lipinski definition) is 1. The van der Waals surface area contributed by atoms with E-state index in [1.54, 1.807) is 18.3 Å². The molecule has 0 saturated carbocycles. The summed E-state index contributed by atoms with van der Waals surface area (Å²) >= 11 is 2.06. The molecule has 2 saturated heterocycles. The van der Waals surface area contributed by atoms with Crippen LogP contribution in [0.5, 0.6) is 0 Å². The van der Waals surface area contributed by atoms with Gasteiger partial charge in [-0.15, -0.1) is 0 Å². The highest BCUT2D eigenvalue weighted by Crippen LogP contribution is 2.27. The van der Waals surface area contributed by atoms with E-state index in [0.29, 0.717) is 18.0 Å². The quantitative estimate of drug-likeness (QED) is 0.828. The van der Waals surface area contributed by atoms with Gasteiger partial charge in [-0.25, -0.2) is 13.1 Å². The second kappa shape index (κ2) is 8.47. The van der Waals surface area contributed by atoms with Crippen LogP contribution in [0.4, 0.5) is 0 Å². The number of sulfonamides is 1. The lowest BCUT2D eigenvalue weighted by Gasteiger charge is -2.39. The standard InChI is InChI=1S/C20H27N3O2S2/c24-27(25,19-5-1-3-17-4-2-10-21-20(17)19)22-15-16-6-11-23(12-7-16)18-8-13-26-14-9-18/h1-5,10,16,18,22H,6-9,11-15H2. The number of nitrogens with one attached hydrogen (secondary N) is 1. The third-order valence-corrected chi connectivity index (χ3v) is 8.31. The summed E-state index contributed by atoms with van der Waals surface area (Å²) in [6.45, 7) is 2.70. The number of piperidine rings is 1. The molecule has 2 fully saturated rings. The molecule has 3 heterocycles. The zero-order chi connectivity index (χ0) is 18.7. The normalized spacial score (nSPS) is 20.9. The van der Waals surface area contributed by atoms with E-state index in [1.807, 2.05) is 18.2 Å². The second-order valence-corrected chi connectivity index (χ2v) is 10.5. The SMILES string of the molecule is O=S(=O)(NCC1CCN(C2CCSCC2)CC1)c1cccc2cccnc12. The number of likely N-dealkylation sites (tertiary alicyclic amines) is 1. The van der Waals surface area contributed by atoms with Gasteiger partial charge in [0.05, 0.1) is 5.52 Å². The predicted molar refractivity (Wildman–Crippen MR) is 112 cm³/mol. The topological polar surface area (TPSA) is 62.3 Å².